The fourth-order valence-corrected chi connectivity index (χ4v) is 1.78. The van der Waals surface area contributed by atoms with E-state index in [0.717, 1.165) is 6.07 Å². The maximum atomic E-state index is 12.0. The molecule has 4 N–H and O–H groups in total. The van der Waals surface area contributed by atoms with Crippen molar-refractivity contribution in [2.75, 3.05) is 5.32 Å². The minimum Gasteiger partial charge on any atom is -0.478 e. The SMILES string of the molecule is Cc1c(NC(=O)c2cc(=O)[nH]c(=O)[nH]2)cccc1C(=O)O. The van der Waals surface area contributed by atoms with Gasteiger partial charge in [0.15, 0.2) is 0 Å². The number of carbonyl (C=O) groups excluding carboxylic acids is 1. The Balaban J connectivity index is 2.36. The molecule has 0 bridgehead atoms. The standard InChI is InChI=1S/C13H11N3O5/c1-6-7(12(19)20)3-2-4-8(6)14-11(18)9-5-10(17)16-13(21)15-9/h2-5H,1H3,(H,14,18)(H,19,20)(H2,15,16,17,21). The number of anilines is 1. The third-order valence-corrected chi connectivity index (χ3v) is 2.82. The van der Waals surface area contributed by atoms with Crippen molar-refractivity contribution in [2.24, 2.45) is 0 Å². The van der Waals surface area contributed by atoms with E-state index >= 15 is 0 Å². The molecular formula is C13H11N3O5. The highest BCUT2D eigenvalue weighted by molar-refractivity contribution is 6.04. The van der Waals surface area contributed by atoms with Gasteiger partial charge in [-0.2, -0.15) is 0 Å². The topological polar surface area (TPSA) is 132 Å². The molecule has 21 heavy (non-hydrogen) atoms. The number of carbonyl (C=O) groups is 2. The number of carboxylic acid groups (broad SMARTS) is 1. The van der Waals surface area contributed by atoms with Crippen LogP contribution in [-0.4, -0.2) is 27.0 Å². The molecule has 8 nitrogen and oxygen atoms in total. The summed E-state index contributed by atoms with van der Waals surface area (Å²) in [5, 5.41) is 11.5. The molecule has 0 spiro atoms. The van der Waals surface area contributed by atoms with Crippen LogP contribution in [0.25, 0.3) is 0 Å². The van der Waals surface area contributed by atoms with Gasteiger partial charge in [-0.3, -0.25) is 14.6 Å². The molecule has 1 amide bonds. The summed E-state index contributed by atoms with van der Waals surface area (Å²) in [6.45, 7) is 1.54. The van der Waals surface area contributed by atoms with Crippen molar-refractivity contribution in [1.29, 1.82) is 0 Å². The number of benzene rings is 1. The van der Waals surface area contributed by atoms with Crippen LogP contribution in [0.3, 0.4) is 0 Å². The first-order valence-corrected chi connectivity index (χ1v) is 5.86. The van der Waals surface area contributed by atoms with Crippen LogP contribution in [0.4, 0.5) is 5.69 Å². The quantitative estimate of drug-likeness (QED) is 0.646. The normalized spacial score (nSPS) is 10.1. The zero-order chi connectivity index (χ0) is 15.6. The van der Waals surface area contributed by atoms with Gasteiger partial charge >= 0.3 is 11.7 Å². The van der Waals surface area contributed by atoms with Gasteiger partial charge in [-0.15, -0.1) is 0 Å². The number of amides is 1. The predicted octanol–water partition coefficient (Wildman–Crippen LogP) is 0.322. The van der Waals surface area contributed by atoms with Crippen molar-refractivity contribution in [2.45, 2.75) is 6.92 Å². The van der Waals surface area contributed by atoms with Crippen molar-refractivity contribution in [3.05, 3.63) is 61.9 Å². The Kier molecular flexibility index (Phi) is 3.70. The highest BCUT2D eigenvalue weighted by Crippen LogP contribution is 2.19. The number of rotatable bonds is 3. The predicted molar refractivity (Wildman–Crippen MR) is 73.8 cm³/mol. The maximum absolute atomic E-state index is 12.0. The molecule has 0 unspecified atom stereocenters. The minimum absolute atomic E-state index is 0.0483. The van der Waals surface area contributed by atoms with E-state index in [9.17, 15) is 19.2 Å². The molecule has 0 aliphatic rings. The molecule has 2 rings (SSSR count). The molecule has 0 radical (unpaired) electrons. The molecule has 0 saturated heterocycles. The van der Waals surface area contributed by atoms with E-state index in [4.69, 9.17) is 5.11 Å². The summed E-state index contributed by atoms with van der Waals surface area (Å²) in [4.78, 5) is 49.4. The third-order valence-electron chi connectivity index (χ3n) is 2.82. The lowest BCUT2D eigenvalue weighted by Gasteiger charge is -2.10. The van der Waals surface area contributed by atoms with E-state index in [0.29, 0.717) is 5.56 Å². The fourth-order valence-electron chi connectivity index (χ4n) is 1.78. The first kappa shape index (κ1) is 14.3. The number of aromatic carboxylic acids is 1. The number of hydrogen-bond acceptors (Lipinski definition) is 4. The van der Waals surface area contributed by atoms with E-state index in [1.807, 2.05) is 4.98 Å². The Morgan fingerprint density at radius 2 is 1.90 bits per heavy atom. The van der Waals surface area contributed by atoms with Crippen LogP contribution in [0, 0.1) is 6.92 Å². The number of nitrogens with one attached hydrogen (secondary N) is 3. The summed E-state index contributed by atoms with van der Waals surface area (Å²) in [5.74, 6) is -1.84. The summed E-state index contributed by atoms with van der Waals surface area (Å²) < 4.78 is 0. The molecular weight excluding hydrogens is 278 g/mol. The van der Waals surface area contributed by atoms with Crippen LogP contribution >= 0.6 is 0 Å². The molecule has 1 aromatic heterocycles. The largest absolute Gasteiger partial charge is 0.478 e. The van der Waals surface area contributed by atoms with Crippen LogP contribution in [0.2, 0.25) is 0 Å². The van der Waals surface area contributed by atoms with Crippen LogP contribution in [0.5, 0.6) is 0 Å². The Bertz CT molecular complexity index is 806. The lowest BCUT2D eigenvalue weighted by Crippen LogP contribution is -2.27. The monoisotopic (exact) mass is 289 g/mol. The molecule has 0 saturated carbocycles. The number of hydrogen-bond donors (Lipinski definition) is 4. The van der Waals surface area contributed by atoms with Crippen LogP contribution in [0.15, 0.2) is 33.9 Å². The van der Waals surface area contributed by atoms with Crippen LogP contribution in [0.1, 0.15) is 26.4 Å². The second-order valence-electron chi connectivity index (χ2n) is 4.24. The molecule has 108 valence electrons. The first-order chi connectivity index (χ1) is 9.88. The van der Waals surface area contributed by atoms with Crippen molar-refractivity contribution in [1.82, 2.24) is 9.97 Å². The lowest BCUT2D eigenvalue weighted by molar-refractivity contribution is 0.0695. The molecule has 0 fully saturated rings. The first-order valence-electron chi connectivity index (χ1n) is 5.86. The van der Waals surface area contributed by atoms with Crippen molar-refractivity contribution in [3.8, 4) is 0 Å². The lowest BCUT2D eigenvalue weighted by atomic mass is 10.1. The van der Waals surface area contributed by atoms with Gasteiger partial charge in [-0.05, 0) is 24.6 Å². The summed E-state index contributed by atoms with van der Waals surface area (Å²) in [5.41, 5.74) is -1.04. The van der Waals surface area contributed by atoms with E-state index in [-0.39, 0.29) is 16.9 Å². The van der Waals surface area contributed by atoms with Crippen LogP contribution < -0.4 is 16.6 Å². The average molecular weight is 289 g/mol. The number of aromatic nitrogens is 2. The molecule has 1 heterocycles. The van der Waals surface area contributed by atoms with Crippen molar-refractivity contribution in [3.63, 3.8) is 0 Å². The number of carboxylic acids is 1. The van der Waals surface area contributed by atoms with E-state index in [2.05, 4.69) is 10.3 Å². The Morgan fingerprint density at radius 3 is 2.52 bits per heavy atom. The molecule has 0 aliphatic carbocycles. The van der Waals surface area contributed by atoms with E-state index in [1.165, 1.54) is 18.2 Å². The van der Waals surface area contributed by atoms with Crippen molar-refractivity contribution >= 4 is 17.6 Å². The fraction of sp³-hybridized carbons (Fsp3) is 0.0769. The summed E-state index contributed by atoms with van der Waals surface area (Å²) >= 11 is 0. The summed E-state index contributed by atoms with van der Waals surface area (Å²) in [7, 11) is 0. The number of H-pyrrole nitrogens is 2. The van der Waals surface area contributed by atoms with Crippen molar-refractivity contribution < 1.29 is 14.7 Å². The highest BCUT2D eigenvalue weighted by atomic mass is 16.4. The van der Waals surface area contributed by atoms with Gasteiger partial charge in [0.2, 0.25) is 0 Å². The molecule has 8 heteroatoms. The third kappa shape index (κ3) is 3.06. The Labute approximate surface area is 117 Å². The van der Waals surface area contributed by atoms with E-state index in [1.54, 1.807) is 6.92 Å². The van der Waals surface area contributed by atoms with Gasteiger partial charge in [0.1, 0.15) is 5.69 Å². The average Bonchev–Trinajstić information content (AvgIpc) is 2.39. The Morgan fingerprint density at radius 1 is 1.19 bits per heavy atom. The van der Waals surface area contributed by atoms with Gasteiger partial charge in [0.05, 0.1) is 5.56 Å². The zero-order valence-corrected chi connectivity index (χ0v) is 10.9. The van der Waals surface area contributed by atoms with Crippen LogP contribution in [-0.2, 0) is 0 Å². The smallest absolute Gasteiger partial charge is 0.336 e. The summed E-state index contributed by atoms with van der Waals surface area (Å²) in [6, 6.07) is 5.34. The molecule has 0 aliphatic heterocycles. The summed E-state index contributed by atoms with van der Waals surface area (Å²) in [6.07, 6.45) is 0. The van der Waals surface area contributed by atoms with Gasteiger partial charge in [-0.1, -0.05) is 6.07 Å². The van der Waals surface area contributed by atoms with Gasteiger partial charge in [0, 0.05) is 11.8 Å². The second kappa shape index (κ2) is 5.45. The highest BCUT2D eigenvalue weighted by Gasteiger charge is 2.13. The van der Waals surface area contributed by atoms with E-state index < -0.39 is 23.1 Å². The van der Waals surface area contributed by atoms with Gasteiger partial charge in [-0.25, -0.2) is 9.59 Å². The second-order valence-corrected chi connectivity index (χ2v) is 4.24. The molecule has 2 aromatic rings. The minimum atomic E-state index is -1.12. The maximum Gasteiger partial charge on any atom is 0.336 e. The van der Waals surface area contributed by atoms with Gasteiger partial charge < -0.3 is 15.4 Å². The molecule has 1 aromatic carbocycles. The zero-order valence-electron chi connectivity index (χ0n) is 10.9. The number of aromatic amines is 2. The van der Waals surface area contributed by atoms with Gasteiger partial charge in [0.25, 0.3) is 11.5 Å². The Hall–Kier alpha value is -3.16. The molecule has 0 atom stereocenters.